The van der Waals surface area contributed by atoms with Crippen molar-refractivity contribution in [2.24, 2.45) is 0 Å². The predicted molar refractivity (Wildman–Crippen MR) is 56.5 cm³/mol. The van der Waals surface area contributed by atoms with Gasteiger partial charge in [0.15, 0.2) is 5.65 Å². The summed E-state index contributed by atoms with van der Waals surface area (Å²) in [6.45, 7) is 5.12. The molecule has 14 heavy (non-hydrogen) atoms. The van der Waals surface area contributed by atoms with Gasteiger partial charge in [-0.2, -0.15) is 5.10 Å². The molecule has 0 spiro atoms. The van der Waals surface area contributed by atoms with Crippen LogP contribution >= 0.6 is 0 Å². The van der Waals surface area contributed by atoms with Crippen LogP contribution in [0.4, 0.5) is 5.82 Å². The second-order valence-electron chi connectivity index (χ2n) is 3.31. The minimum Gasteiger partial charge on any atom is -0.370 e. The Morgan fingerprint density at radius 1 is 1.50 bits per heavy atom. The van der Waals surface area contributed by atoms with Crippen molar-refractivity contribution in [1.82, 2.24) is 14.6 Å². The van der Waals surface area contributed by atoms with E-state index in [1.54, 1.807) is 6.20 Å². The van der Waals surface area contributed by atoms with E-state index in [0.717, 1.165) is 30.1 Å². The summed E-state index contributed by atoms with van der Waals surface area (Å²) >= 11 is 0. The minimum absolute atomic E-state index is 0.892. The summed E-state index contributed by atoms with van der Waals surface area (Å²) in [7, 11) is 0. The van der Waals surface area contributed by atoms with Gasteiger partial charge in [-0.05, 0) is 13.3 Å². The first kappa shape index (κ1) is 8.99. The highest BCUT2D eigenvalue weighted by atomic mass is 15.3. The fraction of sp³-hybridized carbons (Fsp3) is 0.400. The summed E-state index contributed by atoms with van der Waals surface area (Å²) in [6.07, 6.45) is 2.87. The Morgan fingerprint density at radius 3 is 3.14 bits per heavy atom. The van der Waals surface area contributed by atoms with E-state index in [-0.39, 0.29) is 0 Å². The Balaban J connectivity index is 2.38. The number of nitrogens with zero attached hydrogens (tertiary/aromatic N) is 3. The summed E-state index contributed by atoms with van der Waals surface area (Å²) in [6, 6.07) is 3.92. The maximum atomic E-state index is 4.42. The smallest absolute Gasteiger partial charge is 0.157 e. The second kappa shape index (κ2) is 3.65. The van der Waals surface area contributed by atoms with Crippen LogP contribution in [-0.2, 0) is 0 Å². The van der Waals surface area contributed by atoms with Crippen LogP contribution in [-0.4, -0.2) is 21.1 Å². The predicted octanol–water partition coefficient (Wildman–Crippen LogP) is 1.86. The van der Waals surface area contributed by atoms with Crippen LogP contribution in [0.1, 0.15) is 19.0 Å². The number of nitrogens with one attached hydrogen (secondary N) is 1. The molecule has 2 aromatic rings. The van der Waals surface area contributed by atoms with Crippen molar-refractivity contribution in [2.45, 2.75) is 20.3 Å². The Bertz CT molecular complexity index is 433. The molecule has 2 heterocycles. The first-order chi connectivity index (χ1) is 6.81. The van der Waals surface area contributed by atoms with E-state index >= 15 is 0 Å². The first-order valence-corrected chi connectivity index (χ1v) is 4.86. The number of aromatic nitrogens is 3. The van der Waals surface area contributed by atoms with Crippen LogP contribution in [0, 0.1) is 6.92 Å². The van der Waals surface area contributed by atoms with E-state index in [2.05, 4.69) is 22.3 Å². The van der Waals surface area contributed by atoms with E-state index in [1.165, 1.54) is 0 Å². The van der Waals surface area contributed by atoms with Crippen LogP contribution in [0.15, 0.2) is 18.3 Å². The molecule has 4 heteroatoms. The zero-order chi connectivity index (χ0) is 9.97. The van der Waals surface area contributed by atoms with E-state index in [4.69, 9.17) is 0 Å². The van der Waals surface area contributed by atoms with Gasteiger partial charge in [0.1, 0.15) is 5.82 Å². The van der Waals surface area contributed by atoms with Gasteiger partial charge in [-0.25, -0.2) is 9.50 Å². The zero-order valence-corrected chi connectivity index (χ0v) is 8.49. The molecular formula is C10H14N4. The Morgan fingerprint density at radius 2 is 2.36 bits per heavy atom. The lowest BCUT2D eigenvalue weighted by Crippen LogP contribution is -2.04. The van der Waals surface area contributed by atoms with E-state index < -0.39 is 0 Å². The van der Waals surface area contributed by atoms with Crippen LogP contribution < -0.4 is 5.32 Å². The molecule has 0 atom stereocenters. The third-order valence-corrected chi connectivity index (χ3v) is 2.09. The summed E-state index contributed by atoms with van der Waals surface area (Å²) < 4.78 is 1.83. The quantitative estimate of drug-likeness (QED) is 0.803. The molecule has 0 amide bonds. The van der Waals surface area contributed by atoms with Crippen LogP contribution in [0.25, 0.3) is 5.65 Å². The van der Waals surface area contributed by atoms with Crippen LogP contribution in [0.5, 0.6) is 0 Å². The minimum atomic E-state index is 0.892. The second-order valence-corrected chi connectivity index (χ2v) is 3.31. The van der Waals surface area contributed by atoms with Gasteiger partial charge in [0.25, 0.3) is 0 Å². The normalized spacial score (nSPS) is 10.7. The molecule has 0 aromatic carbocycles. The third kappa shape index (κ3) is 1.55. The van der Waals surface area contributed by atoms with Gasteiger partial charge in [0.05, 0.1) is 6.20 Å². The van der Waals surface area contributed by atoms with Crippen molar-refractivity contribution in [1.29, 1.82) is 0 Å². The van der Waals surface area contributed by atoms with Gasteiger partial charge in [0.2, 0.25) is 0 Å². The van der Waals surface area contributed by atoms with Crippen molar-refractivity contribution in [3.8, 4) is 0 Å². The van der Waals surface area contributed by atoms with Crippen LogP contribution in [0.3, 0.4) is 0 Å². The molecule has 2 aromatic heterocycles. The molecule has 0 aliphatic heterocycles. The molecule has 0 bridgehead atoms. The number of hydrogen-bond donors (Lipinski definition) is 1. The molecule has 0 unspecified atom stereocenters. The molecule has 0 fully saturated rings. The molecule has 2 rings (SSSR count). The molecule has 1 N–H and O–H groups in total. The largest absolute Gasteiger partial charge is 0.370 e. The van der Waals surface area contributed by atoms with E-state index in [0.29, 0.717) is 0 Å². The lowest BCUT2D eigenvalue weighted by Gasteiger charge is -2.05. The standard InChI is InChI=1S/C10H14N4/c1-3-5-11-9-7-8(2)14-10(13-9)4-6-12-14/h4,6-7H,3,5H2,1-2H3,(H,11,13). The Labute approximate surface area is 83.0 Å². The van der Waals surface area contributed by atoms with Gasteiger partial charge in [0, 0.05) is 24.4 Å². The summed E-state index contributed by atoms with van der Waals surface area (Å²) in [5.41, 5.74) is 1.99. The summed E-state index contributed by atoms with van der Waals surface area (Å²) in [4.78, 5) is 4.42. The average molecular weight is 190 g/mol. The Kier molecular flexibility index (Phi) is 2.35. The van der Waals surface area contributed by atoms with Gasteiger partial charge in [-0.15, -0.1) is 0 Å². The SMILES string of the molecule is CCCNc1cc(C)n2nccc2n1. The zero-order valence-electron chi connectivity index (χ0n) is 8.49. The molecule has 0 saturated carbocycles. The van der Waals surface area contributed by atoms with Crippen molar-refractivity contribution in [3.05, 3.63) is 24.0 Å². The number of anilines is 1. The van der Waals surface area contributed by atoms with Crippen LogP contribution in [0.2, 0.25) is 0 Å². The monoisotopic (exact) mass is 190 g/mol. The maximum absolute atomic E-state index is 4.42. The molecule has 0 aliphatic carbocycles. The van der Waals surface area contributed by atoms with E-state index in [1.807, 2.05) is 23.6 Å². The van der Waals surface area contributed by atoms with Gasteiger partial charge in [-0.1, -0.05) is 6.92 Å². The van der Waals surface area contributed by atoms with Crippen molar-refractivity contribution < 1.29 is 0 Å². The maximum Gasteiger partial charge on any atom is 0.157 e. The average Bonchev–Trinajstić information content (AvgIpc) is 2.63. The van der Waals surface area contributed by atoms with Crippen molar-refractivity contribution in [3.63, 3.8) is 0 Å². The summed E-state index contributed by atoms with van der Waals surface area (Å²) in [5, 5.41) is 7.43. The fourth-order valence-corrected chi connectivity index (χ4v) is 1.41. The molecular weight excluding hydrogens is 176 g/mol. The van der Waals surface area contributed by atoms with Gasteiger partial charge in [-0.3, -0.25) is 0 Å². The van der Waals surface area contributed by atoms with Gasteiger partial charge >= 0.3 is 0 Å². The number of aryl methyl sites for hydroxylation is 1. The highest BCUT2D eigenvalue weighted by Crippen LogP contribution is 2.09. The van der Waals surface area contributed by atoms with Crippen molar-refractivity contribution >= 4 is 11.5 Å². The Hall–Kier alpha value is -1.58. The first-order valence-electron chi connectivity index (χ1n) is 4.86. The molecule has 0 saturated heterocycles. The highest BCUT2D eigenvalue weighted by molar-refractivity contribution is 5.47. The molecule has 74 valence electrons. The highest BCUT2D eigenvalue weighted by Gasteiger charge is 2.01. The fourth-order valence-electron chi connectivity index (χ4n) is 1.41. The number of hydrogen-bond acceptors (Lipinski definition) is 3. The number of fused-ring (bicyclic) bond motifs is 1. The van der Waals surface area contributed by atoms with E-state index in [9.17, 15) is 0 Å². The molecule has 0 radical (unpaired) electrons. The summed E-state index contributed by atoms with van der Waals surface area (Å²) in [5.74, 6) is 0.928. The number of rotatable bonds is 3. The third-order valence-electron chi connectivity index (χ3n) is 2.09. The topological polar surface area (TPSA) is 42.2 Å². The molecule has 4 nitrogen and oxygen atoms in total. The van der Waals surface area contributed by atoms with Gasteiger partial charge < -0.3 is 5.32 Å². The van der Waals surface area contributed by atoms with Crippen molar-refractivity contribution in [2.75, 3.05) is 11.9 Å². The lowest BCUT2D eigenvalue weighted by molar-refractivity contribution is 0.889. The molecule has 0 aliphatic rings. The lowest BCUT2D eigenvalue weighted by atomic mass is 10.4.